The molecule has 0 saturated carbocycles. The van der Waals surface area contributed by atoms with Crippen molar-refractivity contribution in [1.82, 2.24) is 9.78 Å². The van der Waals surface area contributed by atoms with Crippen molar-refractivity contribution in [1.29, 1.82) is 0 Å². The van der Waals surface area contributed by atoms with Crippen molar-refractivity contribution in [3.63, 3.8) is 0 Å². The number of benzene rings is 1. The summed E-state index contributed by atoms with van der Waals surface area (Å²) in [7, 11) is 0. The first kappa shape index (κ1) is 10.5. The average molecular weight is 221 g/mol. The molecule has 4 nitrogen and oxygen atoms in total. The summed E-state index contributed by atoms with van der Waals surface area (Å²) in [5.74, 6) is 0.0749. The second-order valence-electron chi connectivity index (χ2n) is 3.72. The summed E-state index contributed by atoms with van der Waals surface area (Å²) >= 11 is 0. The van der Waals surface area contributed by atoms with Crippen LogP contribution < -0.4 is 11.3 Å². The van der Waals surface area contributed by atoms with Gasteiger partial charge in [0.25, 0.3) is 5.56 Å². The summed E-state index contributed by atoms with van der Waals surface area (Å²) in [5, 5.41) is 2.72. The van der Waals surface area contributed by atoms with E-state index in [1.807, 2.05) is 0 Å². The van der Waals surface area contributed by atoms with Gasteiger partial charge in [-0.25, -0.2) is 9.07 Å². The van der Waals surface area contributed by atoms with E-state index >= 15 is 0 Å². The summed E-state index contributed by atoms with van der Waals surface area (Å²) in [6.07, 6.45) is 0. The zero-order valence-corrected chi connectivity index (χ0v) is 8.83. The number of anilines is 1. The predicted molar refractivity (Wildman–Crippen MR) is 59.7 cm³/mol. The van der Waals surface area contributed by atoms with Crippen LogP contribution in [0.5, 0.6) is 0 Å². The first-order chi connectivity index (χ1) is 7.56. The Morgan fingerprint density at radius 1 is 1.44 bits per heavy atom. The van der Waals surface area contributed by atoms with Crippen LogP contribution in [0.1, 0.15) is 11.1 Å². The van der Waals surface area contributed by atoms with Crippen molar-refractivity contribution in [3.05, 3.63) is 51.6 Å². The molecular weight excluding hydrogens is 209 g/mol. The van der Waals surface area contributed by atoms with Gasteiger partial charge in [0.15, 0.2) is 0 Å². The average Bonchev–Trinajstić information content (AvgIpc) is 2.51. The van der Waals surface area contributed by atoms with Gasteiger partial charge in [0.05, 0.1) is 6.54 Å². The Hall–Kier alpha value is -2.04. The third kappa shape index (κ3) is 1.98. The summed E-state index contributed by atoms with van der Waals surface area (Å²) < 4.78 is 14.4. The highest BCUT2D eigenvalue weighted by Gasteiger charge is 2.03. The molecule has 0 aliphatic heterocycles. The first-order valence-corrected chi connectivity index (χ1v) is 4.86. The lowest BCUT2D eigenvalue weighted by atomic mass is 10.1. The fourth-order valence-electron chi connectivity index (χ4n) is 1.56. The van der Waals surface area contributed by atoms with Gasteiger partial charge in [-0.05, 0) is 24.1 Å². The van der Waals surface area contributed by atoms with Gasteiger partial charge in [-0.15, -0.1) is 0 Å². The van der Waals surface area contributed by atoms with Crippen molar-refractivity contribution < 1.29 is 4.39 Å². The standard InChI is InChI=1S/C11H12FN3O/c1-7-4-8(2-3-9(7)12)6-15-11(16)5-10(13)14-15/h2-5,14H,6,13H2,1H3. The van der Waals surface area contributed by atoms with E-state index in [1.165, 1.54) is 16.8 Å². The lowest BCUT2D eigenvalue weighted by molar-refractivity contribution is 0.614. The van der Waals surface area contributed by atoms with E-state index in [9.17, 15) is 9.18 Å². The highest BCUT2D eigenvalue weighted by atomic mass is 19.1. The molecule has 3 N–H and O–H groups in total. The molecule has 16 heavy (non-hydrogen) atoms. The Balaban J connectivity index is 2.30. The Kier molecular flexibility index (Phi) is 2.52. The van der Waals surface area contributed by atoms with Crippen LogP contribution in [0.3, 0.4) is 0 Å². The molecule has 5 heteroatoms. The third-order valence-electron chi connectivity index (χ3n) is 2.37. The maximum atomic E-state index is 13.0. The molecule has 0 aliphatic rings. The van der Waals surface area contributed by atoms with E-state index in [4.69, 9.17) is 5.73 Å². The number of aromatic amines is 1. The van der Waals surface area contributed by atoms with Gasteiger partial charge < -0.3 is 5.73 Å². The number of nitrogens with zero attached hydrogens (tertiary/aromatic N) is 1. The van der Waals surface area contributed by atoms with Crippen molar-refractivity contribution in [2.75, 3.05) is 5.73 Å². The van der Waals surface area contributed by atoms with Crippen LogP contribution in [-0.2, 0) is 6.54 Å². The minimum Gasteiger partial charge on any atom is -0.384 e. The topological polar surface area (TPSA) is 63.8 Å². The van der Waals surface area contributed by atoms with Crippen LogP contribution in [0, 0.1) is 12.7 Å². The monoisotopic (exact) mass is 221 g/mol. The second-order valence-corrected chi connectivity index (χ2v) is 3.72. The van der Waals surface area contributed by atoms with Crippen LogP contribution in [0.4, 0.5) is 10.2 Å². The molecule has 0 fully saturated rings. The van der Waals surface area contributed by atoms with Crippen molar-refractivity contribution in [2.24, 2.45) is 0 Å². The van der Waals surface area contributed by atoms with Crippen molar-refractivity contribution in [2.45, 2.75) is 13.5 Å². The molecule has 0 aliphatic carbocycles. The van der Waals surface area contributed by atoms with E-state index in [-0.39, 0.29) is 11.4 Å². The number of nitrogens with two attached hydrogens (primary N) is 1. The number of H-pyrrole nitrogens is 1. The number of nitrogen functional groups attached to an aromatic ring is 1. The number of rotatable bonds is 2. The summed E-state index contributed by atoms with van der Waals surface area (Å²) in [6, 6.07) is 6.06. The van der Waals surface area contributed by atoms with Crippen LogP contribution in [0.2, 0.25) is 0 Å². The van der Waals surface area contributed by atoms with Gasteiger partial charge in [0, 0.05) is 6.07 Å². The maximum Gasteiger partial charge on any atom is 0.268 e. The fourth-order valence-corrected chi connectivity index (χ4v) is 1.56. The minimum absolute atomic E-state index is 0.195. The summed E-state index contributed by atoms with van der Waals surface area (Å²) in [4.78, 5) is 11.4. The molecule has 0 atom stereocenters. The maximum absolute atomic E-state index is 13.0. The van der Waals surface area contributed by atoms with Crippen molar-refractivity contribution >= 4 is 5.82 Å². The van der Waals surface area contributed by atoms with Gasteiger partial charge >= 0.3 is 0 Å². The number of hydrogen-bond acceptors (Lipinski definition) is 2. The van der Waals surface area contributed by atoms with Gasteiger partial charge in [0.1, 0.15) is 11.6 Å². The van der Waals surface area contributed by atoms with Crippen LogP contribution in [0.25, 0.3) is 0 Å². The quantitative estimate of drug-likeness (QED) is 0.801. The number of aromatic nitrogens is 2. The molecule has 1 aromatic carbocycles. The number of aryl methyl sites for hydroxylation is 1. The van der Waals surface area contributed by atoms with Crippen LogP contribution in [0.15, 0.2) is 29.1 Å². The van der Waals surface area contributed by atoms with Crippen LogP contribution in [-0.4, -0.2) is 9.78 Å². The largest absolute Gasteiger partial charge is 0.384 e. The van der Waals surface area contributed by atoms with Crippen LogP contribution >= 0.6 is 0 Å². The van der Waals surface area contributed by atoms with Gasteiger partial charge in [0.2, 0.25) is 0 Å². The SMILES string of the molecule is Cc1cc(Cn2[nH]c(N)cc2=O)ccc1F. The Bertz CT molecular complexity index is 571. The number of nitrogens with one attached hydrogen (secondary N) is 1. The molecule has 1 heterocycles. The molecule has 0 saturated heterocycles. The smallest absolute Gasteiger partial charge is 0.268 e. The highest BCUT2D eigenvalue weighted by molar-refractivity contribution is 5.26. The van der Waals surface area contributed by atoms with Gasteiger partial charge in [-0.1, -0.05) is 12.1 Å². The molecular formula is C11H12FN3O. The number of hydrogen-bond donors (Lipinski definition) is 2. The molecule has 0 spiro atoms. The van der Waals surface area contributed by atoms with E-state index < -0.39 is 0 Å². The Morgan fingerprint density at radius 2 is 2.19 bits per heavy atom. The summed E-state index contributed by atoms with van der Waals surface area (Å²) in [5.41, 5.74) is 6.67. The summed E-state index contributed by atoms with van der Waals surface area (Å²) in [6.45, 7) is 2.04. The normalized spacial score (nSPS) is 10.6. The first-order valence-electron chi connectivity index (χ1n) is 4.86. The molecule has 0 radical (unpaired) electrons. The van der Waals surface area contributed by atoms with E-state index in [1.54, 1.807) is 19.1 Å². The molecule has 1 aromatic heterocycles. The van der Waals surface area contributed by atoms with E-state index in [2.05, 4.69) is 5.10 Å². The fraction of sp³-hybridized carbons (Fsp3) is 0.182. The zero-order chi connectivity index (χ0) is 11.7. The Morgan fingerprint density at radius 3 is 2.75 bits per heavy atom. The number of halogens is 1. The predicted octanol–water partition coefficient (Wildman–Crippen LogP) is 1.25. The van der Waals surface area contributed by atoms with E-state index in [0.29, 0.717) is 17.9 Å². The minimum atomic E-state index is -0.248. The molecule has 0 bridgehead atoms. The second kappa shape index (κ2) is 3.84. The molecule has 0 amide bonds. The van der Waals surface area contributed by atoms with Gasteiger partial charge in [-0.2, -0.15) is 0 Å². The highest BCUT2D eigenvalue weighted by Crippen LogP contribution is 2.09. The molecule has 84 valence electrons. The lowest BCUT2D eigenvalue weighted by Crippen LogP contribution is -2.16. The Labute approximate surface area is 91.5 Å². The molecule has 0 unspecified atom stereocenters. The zero-order valence-electron chi connectivity index (χ0n) is 8.83. The van der Waals surface area contributed by atoms with Crippen molar-refractivity contribution in [3.8, 4) is 0 Å². The lowest BCUT2D eigenvalue weighted by Gasteiger charge is -2.04. The van der Waals surface area contributed by atoms with E-state index in [0.717, 1.165) is 5.56 Å². The molecule has 2 rings (SSSR count). The third-order valence-corrected chi connectivity index (χ3v) is 2.37. The molecule has 2 aromatic rings. The van der Waals surface area contributed by atoms with Gasteiger partial charge in [-0.3, -0.25) is 9.89 Å².